The third kappa shape index (κ3) is 3.40. The fraction of sp³-hybridized carbons (Fsp3) is 0.500. The van der Waals surface area contributed by atoms with E-state index in [9.17, 15) is 9.90 Å². The van der Waals surface area contributed by atoms with Gasteiger partial charge in [0.25, 0.3) is 5.91 Å². The van der Waals surface area contributed by atoms with Gasteiger partial charge >= 0.3 is 0 Å². The molecule has 0 saturated carbocycles. The van der Waals surface area contributed by atoms with Crippen LogP contribution in [0.3, 0.4) is 0 Å². The normalized spacial score (nSPS) is 17.6. The van der Waals surface area contributed by atoms with Crippen LogP contribution in [0.25, 0.3) is 0 Å². The van der Waals surface area contributed by atoms with Gasteiger partial charge in [0.1, 0.15) is 5.60 Å². The Labute approximate surface area is 128 Å². The standard InChI is InChI=1S/C14H19ClN2O2S/c1-17(2)12-4-3-10(9-11(12)15)16-13(18)14(19)5-7-20-8-6-14/h3-4,9,19H,5-8H2,1-2H3,(H,16,18). The van der Waals surface area contributed by atoms with E-state index in [-0.39, 0.29) is 5.91 Å². The minimum absolute atomic E-state index is 0.341. The smallest absolute Gasteiger partial charge is 0.256 e. The summed E-state index contributed by atoms with van der Waals surface area (Å²) in [5.41, 5.74) is 0.243. The maximum absolute atomic E-state index is 12.2. The highest BCUT2D eigenvalue weighted by molar-refractivity contribution is 7.99. The first kappa shape index (κ1) is 15.5. The Morgan fingerprint density at radius 2 is 2.05 bits per heavy atom. The number of nitrogens with one attached hydrogen (secondary N) is 1. The van der Waals surface area contributed by atoms with Crippen molar-refractivity contribution in [3.8, 4) is 0 Å². The number of halogens is 1. The van der Waals surface area contributed by atoms with Crippen LogP contribution < -0.4 is 10.2 Å². The minimum atomic E-state index is -1.25. The number of hydrogen-bond donors (Lipinski definition) is 2. The third-order valence-corrected chi connectivity index (χ3v) is 4.72. The zero-order valence-electron chi connectivity index (χ0n) is 11.6. The first-order valence-corrected chi connectivity index (χ1v) is 8.04. The molecule has 2 N–H and O–H groups in total. The summed E-state index contributed by atoms with van der Waals surface area (Å²) in [5, 5.41) is 13.7. The van der Waals surface area contributed by atoms with Crippen LogP contribution in [-0.4, -0.2) is 42.2 Å². The lowest BCUT2D eigenvalue weighted by Crippen LogP contribution is -2.45. The Balaban J connectivity index is 2.10. The molecule has 1 heterocycles. The number of amides is 1. The van der Waals surface area contributed by atoms with E-state index in [0.717, 1.165) is 17.2 Å². The van der Waals surface area contributed by atoms with Crippen LogP contribution in [-0.2, 0) is 4.79 Å². The van der Waals surface area contributed by atoms with E-state index >= 15 is 0 Å². The number of rotatable bonds is 3. The lowest BCUT2D eigenvalue weighted by atomic mass is 9.95. The van der Waals surface area contributed by atoms with Crippen LogP contribution in [0.5, 0.6) is 0 Å². The Bertz CT molecular complexity index is 502. The van der Waals surface area contributed by atoms with Gasteiger partial charge < -0.3 is 15.3 Å². The molecule has 1 saturated heterocycles. The molecule has 110 valence electrons. The fourth-order valence-electron chi connectivity index (χ4n) is 2.13. The highest BCUT2D eigenvalue weighted by atomic mass is 35.5. The van der Waals surface area contributed by atoms with Gasteiger partial charge in [-0.05, 0) is 42.5 Å². The van der Waals surface area contributed by atoms with E-state index in [1.807, 2.05) is 25.1 Å². The van der Waals surface area contributed by atoms with Crippen molar-refractivity contribution in [2.45, 2.75) is 18.4 Å². The molecule has 0 aliphatic carbocycles. The zero-order chi connectivity index (χ0) is 14.8. The molecule has 20 heavy (non-hydrogen) atoms. The number of nitrogens with zero attached hydrogens (tertiary/aromatic N) is 1. The van der Waals surface area contributed by atoms with Crippen molar-refractivity contribution in [1.29, 1.82) is 0 Å². The SMILES string of the molecule is CN(C)c1ccc(NC(=O)C2(O)CCSCC2)cc1Cl. The van der Waals surface area contributed by atoms with Crippen LogP contribution >= 0.6 is 23.4 Å². The van der Waals surface area contributed by atoms with Crippen LogP contribution in [0.15, 0.2) is 18.2 Å². The summed E-state index contributed by atoms with van der Waals surface area (Å²) in [7, 11) is 3.81. The number of hydrogen-bond acceptors (Lipinski definition) is 4. The molecule has 0 atom stereocenters. The van der Waals surface area contributed by atoms with Gasteiger partial charge in [-0.1, -0.05) is 11.6 Å². The first-order valence-electron chi connectivity index (χ1n) is 6.51. The molecule has 1 aliphatic heterocycles. The summed E-state index contributed by atoms with van der Waals surface area (Å²) in [6, 6.07) is 5.34. The quantitative estimate of drug-likeness (QED) is 0.900. The van der Waals surface area contributed by atoms with Crippen molar-refractivity contribution in [1.82, 2.24) is 0 Å². The topological polar surface area (TPSA) is 52.6 Å². The molecule has 2 rings (SSSR count). The summed E-state index contributed by atoms with van der Waals surface area (Å²) in [6.45, 7) is 0. The van der Waals surface area contributed by atoms with Crippen molar-refractivity contribution in [3.63, 3.8) is 0 Å². The van der Waals surface area contributed by atoms with Crippen molar-refractivity contribution in [3.05, 3.63) is 23.2 Å². The summed E-state index contributed by atoms with van der Waals surface area (Å²) < 4.78 is 0. The largest absolute Gasteiger partial charge is 0.380 e. The number of carbonyl (C=O) groups is 1. The number of anilines is 2. The molecule has 1 fully saturated rings. The molecule has 0 bridgehead atoms. The predicted octanol–water partition coefficient (Wildman–Crippen LogP) is 2.60. The maximum atomic E-state index is 12.2. The van der Waals surface area contributed by atoms with Crippen molar-refractivity contribution in [2.75, 3.05) is 35.8 Å². The van der Waals surface area contributed by atoms with Gasteiger partial charge in [-0.2, -0.15) is 11.8 Å². The average molecular weight is 315 g/mol. The first-order chi connectivity index (χ1) is 9.42. The monoisotopic (exact) mass is 314 g/mol. The van der Waals surface area contributed by atoms with Gasteiger partial charge in [-0.3, -0.25) is 4.79 Å². The lowest BCUT2D eigenvalue weighted by molar-refractivity contribution is -0.134. The molecule has 4 nitrogen and oxygen atoms in total. The molecular formula is C14H19ClN2O2S. The molecule has 0 unspecified atom stereocenters. The molecule has 0 spiro atoms. The van der Waals surface area contributed by atoms with Gasteiger partial charge in [-0.15, -0.1) is 0 Å². The van der Waals surface area contributed by atoms with Crippen LogP contribution in [0.1, 0.15) is 12.8 Å². The van der Waals surface area contributed by atoms with Crippen LogP contribution in [0.2, 0.25) is 5.02 Å². The summed E-state index contributed by atoms with van der Waals surface area (Å²) >= 11 is 7.93. The maximum Gasteiger partial charge on any atom is 0.256 e. The molecule has 1 aromatic carbocycles. The Hall–Kier alpha value is -0.910. The summed E-state index contributed by atoms with van der Waals surface area (Å²) in [6.07, 6.45) is 0.986. The molecule has 1 amide bonds. The van der Waals surface area contributed by atoms with Gasteiger partial charge in [0.05, 0.1) is 10.7 Å². The predicted molar refractivity (Wildman–Crippen MR) is 85.9 cm³/mol. The summed E-state index contributed by atoms with van der Waals surface area (Å²) in [4.78, 5) is 14.1. The number of carbonyl (C=O) groups excluding carboxylic acids is 1. The third-order valence-electron chi connectivity index (χ3n) is 3.43. The fourth-order valence-corrected chi connectivity index (χ4v) is 3.65. The summed E-state index contributed by atoms with van der Waals surface area (Å²) in [5.74, 6) is 1.28. The Morgan fingerprint density at radius 1 is 1.40 bits per heavy atom. The Morgan fingerprint density at radius 3 is 2.60 bits per heavy atom. The van der Waals surface area contributed by atoms with E-state index in [4.69, 9.17) is 11.6 Å². The second-order valence-electron chi connectivity index (χ2n) is 5.16. The van der Waals surface area contributed by atoms with Crippen molar-refractivity contribution < 1.29 is 9.90 Å². The van der Waals surface area contributed by atoms with Crippen molar-refractivity contribution in [2.24, 2.45) is 0 Å². The molecular weight excluding hydrogens is 296 g/mol. The second-order valence-corrected chi connectivity index (χ2v) is 6.79. The van der Waals surface area contributed by atoms with Crippen LogP contribution in [0.4, 0.5) is 11.4 Å². The molecule has 0 radical (unpaired) electrons. The van der Waals surface area contributed by atoms with E-state index in [2.05, 4.69) is 5.32 Å². The highest BCUT2D eigenvalue weighted by Gasteiger charge is 2.37. The lowest BCUT2D eigenvalue weighted by Gasteiger charge is -2.30. The van der Waals surface area contributed by atoms with Crippen molar-refractivity contribution >= 4 is 40.6 Å². The highest BCUT2D eigenvalue weighted by Crippen LogP contribution is 2.30. The molecule has 6 heteroatoms. The van der Waals surface area contributed by atoms with E-state index in [0.29, 0.717) is 23.6 Å². The number of benzene rings is 1. The van der Waals surface area contributed by atoms with Gasteiger partial charge in [-0.25, -0.2) is 0 Å². The van der Waals surface area contributed by atoms with Crippen LogP contribution in [0, 0.1) is 0 Å². The Kier molecular flexibility index (Phi) is 4.83. The molecule has 0 aromatic heterocycles. The second kappa shape index (κ2) is 6.24. The van der Waals surface area contributed by atoms with E-state index < -0.39 is 5.60 Å². The average Bonchev–Trinajstić information content (AvgIpc) is 2.39. The minimum Gasteiger partial charge on any atom is -0.380 e. The van der Waals surface area contributed by atoms with Gasteiger partial charge in [0.15, 0.2) is 0 Å². The van der Waals surface area contributed by atoms with E-state index in [1.165, 1.54) is 0 Å². The zero-order valence-corrected chi connectivity index (χ0v) is 13.2. The molecule has 1 aromatic rings. The van der Waals surface area contributed by atoms with E-state index in [1.54, 1.807) is 23.9 Å². The number of thioether (sulfide) groups is 1. The van der Waals surface area contributed by atoms with Gasteiger partial charge in [0, 0.05) is 19.8 Å². The van der Waals surface area contributed by atoms with Gasteiger partial charge in [0.2, 0.25) is 0 Å². The number of aliphatic hydroxyl groups is 1. The molecule has 1 aliphatic rings.